The largest absolute Gasteiger partial charge is 0.379 e. The molecule has 3 aromatic heterocycles. The summed E-state index contributed by atoms with van der Waals surface area (Å²) in [4.78, 5) is 16.3. The number of anilines is 1. The first-order valence-corrected chi connectivity index (χ1v) is 10.9. The molecule has 0 fully saturated rings. The van der Waals surface area contributed by atoms with Crippen LogP contribution >= 0.6 is 0 Å². The molecule has 0 aliphatic heterocycles. The Bertz CT molecular complexity index is 1580. The molecule has 0 aliphatic carbocycles. The van der Waals surface area contributed by atoms with Crippen molar-refractivity contribution in [2.24, 2.45) is 0 Å². The molecule has 4 N–H and O–H groups in total. The predicted molar refractivity (Wildman–Crippen MR) is 131 cm³/mol. The lowest BCUT2D eigenvalue weighted by atomic mass is 9.91. The maximum atomic E-state index is 13.8. The van der Waals surface area contributed by atoms with Gasteiger partial charge in [-0.1, -0.05) is 36.4 Å². The lowest BCUT2D eigenvalue weighted by Crippen LogP contribution is -2.25. The van der Waals surface area contributed by atoms with E-state index < -0.39 is 11.4 Å². The number of aromatic amines is 1. The van der Waals surface area contributed by atoms with Crippen molar-refractivity contribution in [1.82, 2.24) is 19.9 Å². The monoisotopic (exact) mass is 464 g/mol. The number of hydrogen-bond donors (Lipinski definition) is 3. The van der Waals surface area contributed by atoms with Gasteiger partial charge in [0.05, 0.1) is 23.9 Å². The summed E-state index contributed by atoms with van der Waals surface area (Å²) in [6, 6.07) is 19.3. The molecule has 0 radical (unpaired) electrons. The summed E-state index contributed by atoms with van der Waals surface area (Å²) in [5.41, 5.74) is 9.74. The maximum absolute atomic E-state index is 13.8. The molecule has 35 heavy (non-hydrogen) atoms. The number of aliphatic hydroxyl groups is 1. The van der Waals surface area contributed by atoms with Crippen molar-refractivity contribution in [1.29, 1.82) is 5.26 Å². The molecule has 5 aromatic rings. The summed E-state index contributed by atoms with van der Waals surface area (Å²) < 4.78 is 13.8. The van der Waals surface area contributed by atoms with Crippen molar-refractivity contribution in [3.63, 3.8) is 0 Å². The Labute approximate surface area is 200 Å². The van der Waals surface area contributed by atoms with E-state index in [0.29, 0.717) is 23.3 Å². The van der Waals surface area contributed by atoms with Gasteiger partial charge in [-0.15, -0.1) is 0 Å². The van der Waals surface area contributed by atoms with Crippen molar-refractivity contribution >= 4 is 17.0 Å². The van der Waals surface area contributed by atoms with Crippen LogP contribution in [0.15, 0.2) is 73.1 Å². The molecule has 0 amide bonds. The van der Waals surface area contributed by atoms with Crippen LogP contribution in [0, 0.1) is 17.1 Å². The number of rotatable bonds is 5. The highest BCUT2D eigenvalue weighted by atomic mass is 19.1. The molecule has 0 spiro atoms. The molecular weight excluding hydrogens is 443 g/mol. The van der Waals surface area contributed by atoms with Gasteiger partial charge in [-0.25, -0.2) is 19.3 Å². The number of nitrogen functional groups attached to an aromatic ring is 1. The van der Waals surface area contributed by atoms with Crippen LogP contribution in [0.4, 0.5) is 10.3 Å². The van der Waals surface area contributed by atoms with Crippen LogP contribution in [-0.4, -0.2) is 25.0 Å². The van der Waals surface area contributed by atoms with Gasteiger partial charge in [-0.2, -0.15) is 5.26 Å². The van der Waals surface area contributed by atoms with E-state index in [1.165, 1.54) is 25.1 Å². The SMILES string of the molecule is CC(O)(c1cccc(F)c1)c1cc(-c2c[nH]c3ncc(-c4ccc(CC#N)cc4)cc23)nc(N)n1. The van der Waals surface area contributed by atoms with Crippen molar-refractivity contribution in [3.05, 3.63) is 95.7 Å². The highest BCUT2D eigenvalue weighted by molar-refractivity contribution is 5.95. The van der Waals surface area contributed by atoms with Crippen LogP contribution in [0.3, 0.4) is 0 Å². The molecule has 7 nitrogen and oxygen atoms in total. The van der Waals surface area contributed by atoms with Crippen LogP contribution in [0.2, 0.25) is 0 Å². The number of halogens is 1. The third-order valence-electron chi connectivity index (χ3n) is 6.01. The van der Waals surface area contributed by atoms with Crippen molar-refractivity contribution in [2.45, 2.75) is 18.9 Å². The van der Waals surface area contributed by atoms with E-state index in [1.807, 2.05) is 30.3 Å². The van der Waals surface area contributed by atoms with E-state index in [-0.39, 0.29) is 11.6 Å². The molecule has 2 aromatic carbocycles. The first-order chi connectivity index (χ1) is 16.8. The van der Waals surface area contributed by atoms with Gasteiger partial charge in [0.15, 0.2) is 0 Å². The van der Waals surface area contributed by atoms with E-state index in [2.05, 4.69) is 26.0 Å². The van der Waals surface area contributed by atoms with Crippen molar-refractivity contribution in [2.75, 3.05) is 5.73 Å². The Morgan fingerprint density at radius 1 is 1.09 bits per heavy atom. The molecule has 0 aliphatic rings. The second kappa shape index (κ2) is 8.63. The number of aromatic nitrogens is 4. The van der Waals surface area contributed by atoms with Gasteiger partial charge < -0.3 is 15.8 Å². The number of pyridine rings is 1. The lowest BCUT2D eigenvalue weighted by Gasteiger charge is -2.24. The summed E-state index contributed by atoms with van der Waals surface area (Å²) >= 11 is 0. The molecule has 3 heterocycles. The Morgan fingerprint density at radius 3 is 2.63 bits per heavy atom. The van der Waals surface area contributed by atoms with Crippen LogP contribution in [-0.2, 0) is 12.0 Å². The number of nitrogens with zero attached hydrogens (tertiary/aromatic N) is 4. The molecule has 1 atom stereocenters. The van der Waals surface area contributed by atoms with Gasteiger partial charge >= 0.3 is 0 Å². The molecule has 8 heteroatoms. The average Bonchev–Trinajstić information content (AvgIpc) is 3.28. The summed E-state index contributed by atoms with van der Waals surface area (Å²) in [6.07, 6.45) is 3.91. The zero-order chi connectivity index (χ0) is 24.6. The number of H-pyrrole nitrogens is 1. The zero-order valence-corrected chi connectivity index (χ0v) is 18.8. The summed E-state index contributed by atoms with van der Waals surface area (Å²) in [5, 5.41) is 21.0. The van der Waals surface area contributed by atoms with E-state index >= 15 is 0 Å². The molecule has 1 unspecified atom stereocenters. The molecule has 172 valence electrons. The zero-order valence-electron chi connectivity index (χ0n) is 18.8. The second-order valence-electron chi connectivity index (χ2n) is 8.43. The van der Waals surface area contributed by atoms with Gasteiger partial charge in [0.2, 0.25) is 5.95 Å². The molecular formula is C27H21FN6O. The Hall–Kier alpha value is -4.61. The second-order valence-corrected chi connectivity index (χ2v) is 8.43. The van der Waals surface area contributed by atoms with Crippen LogP contribution < -0.4 is 5.73 Å². The highest BCUT2D eigenvalue weighted by Crippen LogP contribution is 2.34. The first-order valence-electron chi connectivity index (χ1n) is 10.9. The minimum atomic E-state index is -1.59. The van der Waals surface area contributed by atoms with Gasteiger partial charge in [0.25, 0.3) is 0 Å². The molecule has 0 saturated carbocycles. The smallest absolute Gasteiger partial charge is 0.220 e. The van der Waals surface area contributed by atoms with E-state index in [4.69, 9.17) is 11.0 Å². The average molecular weight is 465 g/mol. The Balaban J connectivity index is 1.58. The van der Waals surface area contributed by atoms with Gasteiger partial charge in [-0.3, -0.25) is 0 Å². The Kier molecular flexibility index (Phi) is 5.47. The van der Waals surface area contributed by atoms with Gasteiger partial charge in [0, 0.05) is 28.9 Å². The van der Waals surface area contributed by atoms with Gasteiger partial charge in [0.1, 0.15) is 17.1 Å². The lowest BCUT2D eigenvalue weighted by molar-refractivity contribution is 0.0971. The van der Waals surface area contributed by atoms with E-state index in [1.54, 1.807) is 24.5 Å². The highest BCUT2D eigenvalue weighted by Gasteiger charge is 2.29. The van der Waals surface area contributed by atoms with E-state index in [0.717, 1.165) is 27.6 Å². The topological polar surface area (TPSA) is 124 Å². The quantitative estimate of drug-likeness (QED) is 0.345. The number of fused-ring (bicyclic) bond motifs is 1. The molecule has 0 bridgehead atoms. The molecule has 0 saturated heterocycles. The minimum absolute atomic E-state index is 0.0132. The number of nitrogens with one attached hydrogen (secondary N) is 1. The van der Waals surface area contributed by atoms with Crippen LogP contribution in [0.5, 0.6) is 0 Å². The fourth-order valence-corrected chi connectivity index (χ4v) is 4.07. The van der Waals surface area contributed by atoms with Crippen LogP contribution in [0.25, 0.3) is 33.4 Å². The number of nitrogens with two attached hydrogens (primary N) is 1. The van der Waals surface area contributed by atoms with Crippen molar-refractivity contribution in [3.8, 4) is 28.5 Å². The maximum Gasteiger partial charge on any atom is 0.220 e. The van der Waals surface area contributed by atoms with Gasteiger partial charge in [-0.05, 0) is 47.9 Å². The van der Waals surface area contributed by atoms with E-state index in [9.17, 15) is 9.50 Å². The Morgan fingerprint density at radius 2 is 1.89 bits per heavy atom. The number of hydrogen-bond acceptors (Lipinski definition) is 6. The fraction of sp³-hybridized carbons (Fsp3) is 0.111. The fourth-order valence-electron chi connectivity index (χ4n) is 4.07. The van der Waals surface area contributed by atoms with Crippen molar-refractivity contribution < 1.29 is 9.50 Å². The third kappa shape index (κ3) is 4.21. The first kappa shape index (κ1) is 22.2. The minimum Gasteiger partial charge on any atom is -0.379 e. The summed E-state index contributed by atoms with van der Waals surface area (Å²) in [5.74, 6) is -0.471. The normalized spacial score (nSPS) is 12.9. The predicted octanol–water partition coefficient (Wildman–Crippen LogP) is 4.73. The number of nitriles is 1. The summed E-state index contributed by atoms with van der Waals surface area (Å²) in [6.45, 7) is 1.54. The molecule has 5 rings (SSSR count). The third-order valence-corrected chi connectivity index (χ3v) is 6.01. The summed E-state index contributed by atoms with van der Waals surface area (Å²) in [7, 11) is 0. The number of benzene rings is 2. The van der Waals surface area contributed by atoms with Crippen LogP contribution in [0.1, 0.15) is 23.7 Å². The standard InChI is InChI=1S/C27H21FN6O/c1-27(35,19-3-2-4-20(28)12-19)24-13-23(33-26(30)34-24)22-15-32-25-21(22)11-18(14-31-25)17-7-5-16(6-8-17)9-10-29/h2-8,11-15,35H,9H2,1H3,(H,31,32)(H2,30,33,34).